The van der Waals surface area contributed by atoms with E-state index in [4.69, 9.17) is 10.5 Å². The molecule has 3 N–H and O–H groups in total. The number of halogens is 2. The lowest BCUT2D eigenvalue weighted by atomic mass is 10.3. The van der Waals surface area contributed by atoms with Gasteiger partial charge in [-0.3, -0.25) is 0 Å². The van der Waals surface area contributed by atoms with Crippen LogP contribution in [0.5, 0.6) is 5.88 Å². The molecule has 0 amide bonds. The fraction of sp³-hybridized carbons (Fsp3) is 0.0909. The Morgan fingerprint density at radius 2 is 2.17 bits per heavy atom. The fourth-order valence-corrected chi connectivity index (χ4v) is 1.73. The van der Waals surface area contributed by atoms with E-state index in [9.17, 15) is 4.39 Å². The lowest BCUT2D eigenvalue weighted by Gasteiger charge is -2.10. The van der Waals surface area contributed by atoms with Gasteiger partial charge in [0, 0.05) is 5.69 Å². The van der Waals surface area contributed by atoms with Gasteiger partial charge in [0.05, 0.1) is 11.6 Å². The number of nitrogen functional groups attached to an aromatic ring is 1. The second-order valence-electron chi connectivity index (χ2n) is 3.40. The first-order chi connectivity index (χ1) is 8.61. The zero-order chi connectivity index (χ0) is 13.1. The summed E-state index contributed by atoms with van der Waals surface area (Å²) in [6, 6.07) is 4.50. The number of hydrogen-bond donors (Lipinski definition) is 2. The molecule has 0 aliphatic heterocycles. The number of nitrogens with one attached hydrogen (secondary N) is 1. The van der Waals surface area contributed by atoms with Crippen molar-refractivity contribution in [3.05, 3.63) is 34.8 Å². The summed E-state index contributed by atoms with van der Waals surface area (Å²) < 4.78 is 18.4. The summed E-state index contributed by atoms with van der Waals surface area (Å²) in [5.74, 6) is 0.350. The number of anilines is 3. The molecular formula is C11H10BrFN4O. The van der Waals surface area contributed by atoms with Crippen LogP contribution in [-0.2, 0) is 0 Å². The Labute approximate surface area is 111 Å². The summed E-state index contributed by atoms with van der Waals surface area (Å²) >= 11 is 3.10. The van der Waals surface area contributed by atoms with Gasteiger partial charge in [-0.15, -0.1) is 0 Å². The first kappa shape index (κ1) is 12.6. The fourth-order valence-electron chi connectivity index (χ4n) is 1.35. The van der Waals surface area contributed by atoms with E-state index >= 15 is 0 Å². The highest BCUT2D eigenvalue weighted by Gasteiger charge is 2.09. The molecule has 0 saturated heterocycles. The van der Waals surface area contributed by atoms with Crippen molar-refractivity contribution < 1.29 is 9.13 Å². The van der Waals surface area contributed by atoms with Crippen LogP contribution < -0.4 is 15.8 Å². The molecule has 94 valence electrons. The van der Waals surface area contributed by atoms with Crippen molar-refractivity contribution in [2.45, 2.75) is 0 Å². The molecule has 0 spiro atoms. The summed E-state index contributed by atoms with van der Waals surface area (Å²) in [4.78, 5) is 7.86. The zero-order valence-electron chi connectivity index (χ0n) is 9.45. The van der Waals surface area contributed by atoms with Crippen molar-refractivity contribution >= 4 is 33.1 Å². The molecule has 7 heteroatoms. The van der Waals surface area contributed by atoms with Crippen molar-refractivity contribution in [1.82, 2.24) is 9.97 Å². The number of hydrogen-bond acceptors (Lipinski definition) is 5. The predicted molar refractivity (Wildman–Crippen MR) is 70.4 cm³/mol. The van der Waals surface area contributed by atoms with E-state index in [0.717, 1.165) is 0 Å². The predicted octanol–water partition coefficient (Wildman–Crippen LogP) is 2.71. The first-order valence-corrected chi connectivity index (χ1v) is 5.77. The quantitative estimate of drug-likeness (QED) is 0.911. The van der Waals surface area contributed by atoms with Gasteiger partial charge in [-0.05, 0) is 34.1 Å². The highest BCUT2D eigenvalue weighted by atomic mass is 79.9. The largest absolute Gasteiger partial charge is 0.479 e. The molecule has 1 aromatic heterocycles. The van der Waals surface area contributed by atoms with Gasteiger partial charge in [0.25, 0.3) is 0 Å². The Balaban J connectivity index is 2.31. The molecular weight excluding hydrogens is 303 g/mol. The maximum atomic E-state index is 13.1. The number of nitrogens with zero attached hydrogens (tertiary/aromatic N) is 2. The van der Waals surface area contributed by atoms with Crippen LogP contribution in [0.2, 0.25) is 0 Å². The number of ether oxygens (including phenoxy) is 1. The molecule has 0 atom stereocenters. The molecule has 5 nitrogen and oxygen atoms in total. The van der Waals surface area contributed by atoms with Gasteiger partial charge in [-0.2, -0.15) is 4.98 Å². The van der Waals surface area contributed by atoms with E-state index in [1.54, 1.807) is 12.1 Å². The van der Waals surface area contributed by atoms with Crippen LogP contribution in [-0.4, -0.2) is 17.1 Å². The molecule has 18 heavy (non-hydrogen) atoms. The van der Waals surface area contributed by atoms with Crippen molar-refractivity contribution in [2.75, 3.05) is 18.2 Å². The SMILES string of the molecule is COc1ncnc(Nc2ccc(F)c(Br)c2)c1N. The number of nitrogens with two attached hydrogens (primary N) is 1. The molecule has 0 unspecified atom stereocenters. The van der Waals surface area contributed by atoms with Crippen molar-refractivity contribution in [1.29, 1.82) is 0 Å². The van der Waals surface area contributed by atoms with Crippen molar-refractivity contribution in [3.63, 3.8) is 0 Å². The second-order valence-corrected chi connectivity index (χ2v) is 4.25. The van der Waals surface area contributed by atoms with Gasteiger partial charge in [0.15, 0.2) is 5.82 Å². The van der Waals surface area contributed by atoms with Crippen molar-refractivity contribution in [2.24, 2.45) is 0 Å². The minimum absolute atomic E-state index is 0.286. The minimum atomic E-state index is -0.339. The molecule has 2 aromatic rings. The third-order valence-corrected chi connectivity index (χ3v) is 2.83. The summed E-state index contributed by atoms with van der Waals surface area (Å²) in [7, 11) is 1.47. The Bertz CT molecular complexity index is 579. The molecule has 0 saturated carbocycles. The van der Waals surface area contributed by atoms with Crippen LogP contribution in [0.15, 0.2) is 29.0 Å². The summed E-state index contributed by atoms with van der Waals surface area (Å²) in [6.45, 7) is 0. The van der Waals surface area contributed by atoms with Gasteiger partial charge in [0.2, 0.25) is 5.88 Å². The first-order valence-electron chi connectivity index (χ1n) is 4.98. The van der Waals surface area contributed by atoms with E-state index in [1.807, 2.05) is 0 Å². The monoisotopic (exact) mass is 312 g/mol. The Morgan fingerprint density at radius 3 is 2.83 bits per heavy atom. The molecule has 0 aliphatic carbocycles. The number of rotatable bonds is 3. The van der Waals surface area contributed by atoms with Crippen LogP contribution in [0.1, 0.15) is 0 Å². The Kier molecular flexibility index (Phi) is 3.61. The summed E-state index contributed by atoms with van der Waals surface area (Å²) in [5.41, 5.74) is 6.75. The topological polar surface area (TPSA) is 73.1 Å². The molecule has 0 aliphatic rings. The average molecular weight is 313 g/mol. The standard InChI is InChI=1S/C11H10BrFN4O/c1-18-11-9(14)10(15-5-16-11)17-6-2-3-8(13)7(12)4-6/h2-5H,14H2,1H3,(H,15,16,17). The van der Waals surface area contributed by atoms with Crippen molar-refractivity contribution in [3.8, 4) is 5.88 Å². The van der Waals surface area contributed by atoms with E-state index < -0.39 is 0 Å². The third-order valence-electron chi connectivity index (χ3n) is 2.22. The average Bonchev–Trinajstić information content (AvgIpc) is 2.36. The van der Waals surface area contributed by atoms with Gasteiger partial charge in [-0.1, -0.05) is 0 Å². The normalized spacial score (nSPS) is 10.2. The van der Waals surface area contributed by atoms with Gasteiger partial charge < -0.3 is 15.8 Å². The second kappa shape index (κ2) is 5.18. The van der Waals surface area contributed by atoms with Crippen LogP contribution >= 0.6 is 15.9 Å². The van der Waals surface area contributed by atoms with Crippen LogP contribution in [0.4, 0.5) is 21.6 Å². The van der Waals surface area contributed by atoms with Gasteiger partial charge >= 0.3 is 0 Å². The maximum Gasteiger partial charge on any atom is 0.242 e. The van der Waals surface area contributed by atoms with Crippen LogP contribution in [0, 0.1) is 5.82 Å². The number of methoxy groups -OCH3 is 1. The lowest BCUT2D eigenvalue weighted by molar-refractivity contribution is 0.399. The number of aromatic nitrogens is 2. The smallest absolute Gasteiger partial charge is 0.242 e. The molecule has 0 bridgehead atoms. The Morgan fingerprint density at radius 1 is 1.39 bits per heavy atom. The van der Waals surface area contributed by atoms with E-state index in [-0.39, 0.29) is 11.7 Å². The van der Waals surface area contributed by atoms with Gasteiger partial charge in [0.1, 0.15) is 17.8 Å². The van der Waals surface area contributed by atoms with Gasteiger partial charge in [-0.25, -0.2) is 9.37 Å². The van der Waals surface area contributed by atoms with Crippen LogP contribution in [0.25, 0.3) is 0 Å². The molecule has 2 rings (SSSR count). The highest BCUT2D eigenvalue weighted by molar-refractivity contribution is 9.10. The maximum absolute atomic E-state index is 13.1. The molecule has 1 heterocycles. The van der Waals surface area contributed by atoms with E-state index in [0.29, 0.717) is 21.7 Å². The highest BCUT2D eigenvalue weighted by Crippen LogP contribution is 2.28. The van der Waals surface area contributed by atoms with Crippen LogP contribution in [0.3, 0.4) is 0 Å². The summed E-state index contributed by atoms with van der Waals surface area (Å²) in [6.07, 6.45) is 1.33. The minimum Gasteiger partial charge on any atom is -0.479 e. The summed E-state index contributed by atoms with van der Waals surface area (Å²) in [5, 5.41) is 2.96. The Hall–Kier alpha value is -1.89. The van der Waals surface area contributed by atoms with E-state index in [1.165, 1.54) is 19.5 Å². The van der Waals surface area contributed by atoms with E-state index in [2.05, 4.69) is 31.2 Å². The zero-order valence-corrected chi connectivity index (χ0v) is 11.0. The molecule has 1 aromatic carbocycles. The number of benzene rings is 1. The molecule has 0 radical (unpaired) electrons. The molecule has 0 fully saturated rings. The third kappa shape index (κ3) is 2.51. The lowest BCUT2D eigenvalue weighted by Crippen LogP contribution is -2.03.